The van der Waals surface area contributed by atoms with Crippen molar-refractivity contribution in [1.29, 1.82) is 0 Å². The highest BCUT2D eigenvalue weighted by atomic mass is 16.5. The second-order valence-corrected chi connectivity index (χ2v) is 8.87. The second-order valence-electron chi connectivity index (χ2n) is 8.87. The number of amides is 2. The van der Waals surface area contributed by atoms with Crippen LogP contribution in [0.3, 0.4) is 0 Å². The third-order valence-electron chi connectivity index (χ3n) is 7.01. The van der Waals surface area contributed by atoms with Gasteiger partial charge in [-0.3, -0.25) is 14.5 Å². The number of allylic oxidation sites excluding steroid dienone is 1. The molecule has 31 heavy (non-hydrogen) atoms. The predicted molar refractivity (Wildman–Crippen MR) is 117 cm³/mol. The van der Waals surface area contributed by atoms with Gasteiger partial charge in [0.25, 0.3) is 0 Å². The number of likely N-dealkylation sites (tertiary alicyclic amines) is 1. The molecule has 166 valence electrons. The normalized spacial score (nSPS) is 28.4. The molecule has 0 spiro atoms. The SMILES string of the molecule is CCC/C(=C\c1ccccc1O)CC[C@H]1OC[C@H]2C1=C(CO)C[C@H]1C(=O)N(C)C(=O)[C@H]12. The number of fused-ring (bicyclic) bond motifs is 3. The Morgan fingerprint density at radius 2 is 1.97 bits per heavy atom. The van der Waals surface area contributed by atoms with Crippen molar-refractivity contribution in [2.75, 3.05) is 20.3 Å². The molecule has 2 amide bonds. The molecule has 0 saturated carbocycles. The summed E-state index contributed by atoms with van der Waals surface area (Å²) >= 11 is 0. The van der Waals surface area contributed by atoms with Gasteiger partial charge >= 0.3 is 0 Å². The van der Waals surface area contributed by atoms with E-state index in [9.17, 15) is 19.8 Å². The summed E-state index contributed by atoms with van der Waals surface area (Å²) in [6.45, 7) is 2.45. The molecule has 2 heterocycles. The van der Waals surface area contributed by atoms with Gasteiger partial charge in [0.2, 0.25) is 11.8 Å². The number of carbonyl (C=O) groups is 2. The molecule has 0 bridgehead atoms. The number of para-hydroxylation sites is 1. The minimum atomic E-state index is -0.368. The van der Waals surface area contributed by atoms with Crippen LogP contribution in [0.15, 0.2) is 41.0 Å². The van der Waals surface area contributed by atoms with Crippen molar-refractivity contribution in [3.63, 3.8) is 0 Å². The zero-order chi connectivity index (χ0) is 22.1. The van der Waals surface area contributed by atoms with Crippen LogP contribution in [-0.4, -0.2) is 53.3 Å². The molecule has 4 atom stereocenters. The van der Waals surface area contributed by atoms with Gasteiger partial charge in [0.1, 0.15) is 5.75 Å². The fraction of sp³-hybridized carbons (Fsp3) is 0.520. The number of phenols is 1. The van der Waals surface area contributed by atoms with Gasteiger partial charge < -0.3 is 14.9 Å². The number of nitrogens with zero attached hydrogens (tertiary/aromatic N) is 1. The maximum Gasteiger partial charge on any atom is 0.233 e. The average molecular weight is 426 g/mol. The van der Waals surface area contributed by atoms with Gasteiger partial charge in [-0.2, -0.15) is 0 Å². The Labute approximate surface area is 183 Å². The van der Waals surface area contributed by atoms with E-state index in [0.717, 1.165) is 42.4 Å². The van der Waals surface area contributed by atoms with Crippen molar-refractivity contribution >= 4 is 17.9 Å². The topological polar surface area (TPSA) is 87.1 Å². The van der Waals surface area contributed by atoms with Crippen LogP contribution < -0.4 is 0 Å². The minimum absolute atomic E-state index is 0.102. The van der Waals surface area contributed by atoms with Crippen LogP contribution in [0.4, 0.5) is 0 Å². The lowest BCUT2D eigenvalue weighted by Crippen LogP contribution is -2.34. The number of aromatic hydroxyl groups is 1. The molecule has 1 aromatic carbocycles. The maximum absolute atomic E-state index is 12.7. The Bertz CT molecular complexity index is 934. The molecule has 4 rings (SSSR count). The molecule has 6 nitrogen and oxygen atoms in total. The van der Waals surface area contributed by atoms with Crippen LogP contribution in [0.1, 0.15) is 44.6 Å². The van der Waals surface area contributed by atoms with Gasteiger partial charge in [0.05, 0.1) is 31.2 Å². The molecule has 2 fully saturated rings. The lowest BCUT2D eigenvalue weighted by molar-refractivity contribution is -0.138. The summed E-state index contributed by atoms with van der Waals surface area (Å²) in [4.78, 5) is 26.5. The molecule has 2 aliphatic heterocycles. The molecule has 0 unspecified atom stereocenters. The lowest BCUT2D eigenvalue weighted by Gasteiger charge is -2.31. The Kier molecular flexibility index (Phi) is 6.30. The van der Waals surface area contributed by atoms with Crippen LogP contribution in [0.25, 0.3) is 6.08 Å². The summed E-state index contributed by atoms with van der Waals surface area (Å²) in [7, 11) is 1.55. The maximum atomic E-state index is 12.7. The monoisotopic (exact) mass is 425 g/mol. The fourth-order valence-electron chi connectivity index (χ4n) is 5.51. The standard InChI is InChI=1S/C25H31NO5/c1-3-6-15(11-16-7-4-5-8-20(16)28)9-10-21-22-17(13-27)12-18-23(19(22)14-31-21)25(30)26(2)24(18)29/h4-5,7-8,11,18-19,21,23,27-28H,3,6,9-10,12-14H2,1-2H3/b15-11+/t18-,19+,21-,23-/m1/s1. The predicted octanol–water partition coefficient (Wildman–Crippen LogP) is 3.29. The van der Waals surface area contributed by atoms with E-state index in [-0.39, 0.29) is 48.0 Å². The number of ether oxygens (including phenoxy) is 1. The largest absolute Gasteiger partial charge is 0.507 e. The van der Waals surface area contributed by atoms with Crippen molar-refractivity contribution in [2.24, 2.45) is 17.8 Å². The molecular formula is C25H31NO5. The third-order valence-corrected chi connectivity index (χ3v) is 7.01. The highest BCUT2D eigenvalue weighted by Gasteiger charge is 2.55. The van der Waals surface area contributed by atoms with E-state index >= 15 is 0 Å². The van der Waals surface area contributed by atoms with E-state index in [1.54, 1.807) is 13.1 Å². The molecular weight excluding hydrogens is 394 g/mol. The third kappa shape index (κ3) is 3.94. The first-order valence-corrected chi connectivity index (χ1v) is 11.2. The zero-order valence-electron chi connectivity index (χ0n) is 18.2. The smallest absolute Gasteiger partial charge is 0.233 e. The van der Waals surface area contributed by atoms with E-state index in [1.807, 2.05) is 18.2 Å². The first-order valence-electron chi connectivity index (χ1n) is 11.2. The molecule has 2 N–H and O–H groups in total. The van der Waals surface area contributed by atoms with Crippen LogP contribution in [0, 0.1) is 17.8 Å². The number of aliphatic hydroxyl groups is 1. The Morgan fingerprint density at radius 1 is 1.19 bits per heavy atom. The Morgan fingerprint density at radius 3 is 2.68 bits per heavy atom. The van der Waals surface area contributed by atoms with Gasteiger partial charge in [-0.25, -0.2) is 0 Å². The van der Waals surface area contributed by atoms with Crippen molar-refractivity contribution in [3.05, 3.63) is 46.5 Å². The van der Waals surface area contributed by atoms with E-state index in [4.69, 9.17) is 4.74 Å². The molecule has 0 radical (unpaired) electrons. The first kappa shape index (κ1) is 21.8. The van der Waals surface area contributed by atoms with Crippen LogP contribution in [-0.2, 0) is 14.3 Å². The van der Waals surface area contributed by atoms with Crippen LogP contribution in [0.5, 0.6) is 5.75 Å². The molecule has 1 aromatic rings. The van der Waals surface area contributed by atoms with Crippen molar-refractivity contribution < 1.29 is 24.5 Å². The number of phenolic OH excluding ortho intramolecular Hbond substituents is 1. The second kappa shape index (κ2) is 8.97. The average Bonchev–Trinajstić information content (AvgIpc) is 3.28. The number of benzene rings is 1. The van der Waals surface area contributed by atoms with Gasteiger partial charge in [-0.1, -0.05) is 43.2 Å². The Hall–Kier alpha value is -2.44. The van der Waals surface area contributed by atoms with E-state index in [0.29, 0.717) is 13.0 Å². The van der Waals surface area contributed by atoms with E-state index < -0.39 is 0 Å². The van der Waals surface area contributed by atoms with E-state index in [2.05, 4.69) is 13.0 Å². The molecule has 2 saturated heterocycles. The molecule has 6 heteroatoms. The molecule has 3 aliphatic rings. The van der Waals surface area contributed by atoms with E-state index in [1.165, 1.54) is 10.5 Å². The fourth-order valence-corrected chi connectivity index (χ4v) is 5.51. The van der Waals surface area contributed by atoms with Crippen molar-refractivity contribution in [3.8, 4) is 5.75 Å². The van der Waals surface area contributed by atoms with Gasteiger partial charge in [0, 0.05) is 18.5 Å². The highest BCUT2D eigenvalue weighted by molar-refractivity contribution is 6.05. The summed E-state index contributed by atoms with van der Waals surface area (Å²) in [5.74, 6) is -0.842. The Balaban J connectivity index is 1.54. The van der Waals surface area contributed by atoms with Crippen LogP contribution in [0.2, 0.25) is 0 Å². The number of imide groups is 1. The number of hydrogen-bond acceptors (Lipinski definition) is 5. The lowest BCUT2D eigenvalue weighted by atomic mass is 9.69. The number of hydrogen-bond donors (Lipinski definition) is 2. The van der Waals surface area contributed by atoms with Crippen molar-refractivity contribution in [2.45, 2.75) is 45.1 Å². The number of aliphatic hydroxyl groups excluding tert-OH is 1. The quantitative estimate of drug-likeness (QED) is 0.517. The number of carbonyl (C=O) groups excluding carboxylic acids is 2. The zero-order valence-corrected chi connectivity index (χ0v) is 18.2. The highest BCUT2D eigenvalue weighted by Crippen LogP contribution is 2.49. The molecule has 0 aromatic heterocycles. The summed E-state index contributed by atoms with van der Waals surface area (Å²) in [5.41, 5.74) is 3.96. The van der Waals surface area contributed by atoms with Gasteiger partial charge in [-0.15, -0.1) is 0 Å². The summed E-state index contributed by atoms with van der Waals surface area (Å²) in [6, 6.07) is 7.31. The minimum Gasteiger partial charge on any atom is -0.507 e. The summed E-state index contributed by atoms with van der Waals surface area (Å²) in [5, 5.41) is 20.1. The first-order chi connectivity index (χ1) is 15.0. The van der Waals surface area contributed by atoms with Gasteiger partial charge in [-0.05, 0) is 42.9 Å². The molecule has 1 aliphatic carbocycles. The summed E-state index contributed by atoms with van der Waals surface area (Å²) in [6.07, 6.45) is 5.84. The van der Waals surface area contributed by atoms with Crippen molar-refractivity contribution in [1.82, 2.24) is 4.90 Å². The van der Waals surface area contributed by atoms with Crippen LogP contribution >= 0.6 is 0 Å². The number of rotatable bonds is 7. The van der Waals surface area contributed by atoms with Gasteiger partial charge in [0.15, 0.2) is 0 Å². The summed E-state index contributed by atoms with van der Waals surface area (Å²) < 4.78 is 6.13.